The summed E-state index contributed by atoms with van der Waals surface area (Å²) in [6, 6.07) is 9.38. The Balaban J connectivity index is 2.52. The zero-order valence-electron chi connectivity index (χ0n) is 11.1. The van der Waals surface area contributed by atoms with E-state index >= 15 is 0 Å². The number of carboxylic acids is 1. The van der Waals surface area contributed by atoms with Gasteiger partial charge in [-0.2, -0.15) is 11.8 Å². The Morgan fingerprint density at radius 1 is 1.37 bits per heavy atom. The molecule has 3 nitrogen and oxygen atoms in total. The Bertz CT molecular complexity index is 406. The quantitative estimate of drug-likeness (QED) is 0.712. The molecule has 0 aliphatic heterocycles. The molecular formula is C14H20O3S2. The van der Waals surface area contributed by atoms with Crippen LogP contribution in [-0.4, -0.2) is 37.8 Å². The van der Waals surface area contributed by atoms with Crippen LogP contribution >= 0.6 is 11.8 Å². The second kappa shape index (κ2) is 9.15. The van der Waals surface area contributed by atoms with Gasteiger partial charge in [-0.15, -0.1) is 0 Å². The van der Waals surface area contributed by atoms with Gasteiger partial charge in [0.2, 0.25) is 0 Å². The van der Waals surface area contributed by atoms with E-state index in [2.05, 4.69) is 6.92 Å². The Morgan fingerprint density at radius 2 is 2.05 bits per heavy atom. The number of aliphatic carboxylic acids is 1. The predicted octanol–water partition coefficient (Wildman–Crippen LogP) is 2.57. The molecule has 0 amide bonds. The lowest BCUT2D eigenvalue weighted by molar-refractivity contribution is -0.136. The number of hydrogen-bond acceptors (Lipinski definition) is 3. The number of carbonyl (C=O) groups is 1. The van der Waals surface area contributed by atoms with Crippen molar-refractivity contribution in [1.82, 2.24) is 0 Å². The molecule has 1 aromatic rings. The van der Waals surface area contributed by atoms with Gasteiger partial charge in [0.25, 0.3) is 0 Å². The minimum absolute atomic E-state index is 0.337. The molecule has 0 spiro atoms. The molecule has 2 unspecified atom stereocenters. The third kappa shape index (κ3) is 6.25. The highest BCUT2D eigenvalue weighted by molar-refractivity contribution is 7.99. The van der Waals surface area contributed by atoms with E-state index in [1.165, 1.54) is 0 Å². The van der Waals surface area contributed by atoms with Gasteiger partial charge in [0.1, 0.15) is 5.25 Å². The van der Waals surface area contributed by atoms with Crippen LogP contribution in [0.3, 0.4) is 0 Å². The average Bonchev–Trinajstić information content (AvgIpc) is 2.41. The molecule has 0 bridgehead atoms. The molecule has 1 N–H and O–H groups in total. The van der Waals surface area contributed by atoms with Crippen LogP contribution in [-0.2, 0) is 22.0 Å². The molecule has 0 aliphatic carbocycles. The Hall–Kier alpha value is -0.810. The molecular weight excluding hydrogens is 280 g/mol. The molecule has 5 heteroatoms. The largest absolute Gasteiger partial charge is 0.480 e. The van der Waals surface area contributed by atoms with Crippen molar-refractivity contribution < 1.29 is 14.1 Å². The highest BCUT2D eigenvalue weighted by atomic mass is 32.2. The predicted molar refractivity (Wildman–Crippen MR) is 82.2 cm³/mol. The van der Waals surface area contributed by atoms with Crippen molar-refractivity contribution in [2.75, 3.05) is 17.3 Å². The van der Waals surface area contributed by atoms with Crippen molar-refractivity contribution in [3.63, 3.8) is 0 Å². The number of thioether (sulfide) groups is 1. The van der Waals surface area contributed by atoms with Gasteiger partial charge in [-0.05, 0) is 29.9 Å². The summed E-state index contributed by atoms with van der Waals surface area (Å²) in [5.74, 6) is 1.49. The first-order chi connectivity index (χ1) is 9.15. The van der Waals surface area contributed by atoms with Crippen molar-refractivity contribution in [2.24, 2.45) is 0 Å². The monoisotopic (exact) mass is 300 g/mol. The standard InChI is InChI=1S/C14H20O3S2/c1-2-18-9-6-10-19(17)13(14(15)16)11-12-7-4-3-5-8-12/h3-5,7-8,13H,2,6,9-11H2,1H3,(H,15,16). The summed E-state index contributed by atoms with van der Waals surface area (Å²) in [6.07, 6.45) is 1.15. The third-order valence-corrected chi connectivity index (χ3v) is 5.37. The number of rotatable bonds is 9. The van der Waals surface area contributed by atoms with Crippen molar-refractivity contribution in [1.29, 1.82) is 0 Å². The van der Waals surface area contributed by atoms with Gasteiger partial charge >= 0.3 is 5.97 Å². The maximum atomic E-state index is 12.1. The fraction of sp³-hybridized carbons (Fsp3) is 0.500. The van der Waals surface area contributed by atoms with Crippen molar-refractivity contribution in [3.05, 3.63) is 35.9 Å². The van der Waals surface area contributed by atoms with Gasteiger partial charge in [-0.3, -0.25) is 9.00 Å². The van der Waals surface area contributed by atoms with Gasteiger partial charge in [0.15, 0.2) is 0 Å². The SMILES string of the molecule is CCSCCCS(=O)C(Cc1ccccc1)C(=O)O. The summed E-state index contributed by atoms with van der Waals surface area (Å²) >= 11 is 1.79. The van der Waals surface area contributed by atoms with E-state index in [0.29, 0.717) is 12.2 Å². The van der Waals surface area contributed by atoms with Crippen LogP contribution in [0.25, 0.3) is 0 Å². The summed E-state index contributed by atoms with van der Waals surface area (Å²) < 4.78 is 12.1. The molecule has 0 saturated heterocycles. The van der Waals surface area contributed by atoms with Crippen LogP contribution in [0.4, 0.5) is 0 Å². The summed E-state index contributed by atoms with van der Waals surface area (Å²) in [5, 5.41) is 8.41. The Labute approximate surface area is 121 Å². The van der Waals surface area contributed by atoms with E-state index in [-0.39, 0.29) is 0 Å². The fourth-order valence-corrected chi connectivity index (χ4v) is 3.85. The zero-order chi connectivity index (χ0) is 14.1. The highest BCUT2D eigenvalue weighted by Gasteiger charge is 2.24. The molecule has 0 aromatic heterocycles. The maximum absolute atomic E-state index is 12.1. The van der Waals surface area contributed by atoms with Crippen LogP contribution in [0.2, 0.25) is 0 Å². The minimum atomic E-state index is -1.30. The summed E-state index contributed by atoms with van der Waals surface area (Å²) in [6.45, 7) is 2.08. The first-order valence-corrected chi connectivity index (χ1v) is 8.90. The fourth-order valence-electron chi connectivity index (χ4n) is 1.71. The molecule has 0 radical (unpaired) electrons. The second-order valence-corrected chi connectivity index (χ2v) is 7.28. The maximum Gasteiger partial charge on any atom is 0.319 e. The topological polar surface area (TPSA) is 54.4 Å². The second-order valence-electron chi connectivity index (χ2n) is 4.15. The lowest BCUT2D eigenvalue weighted by Gasteiger charge is -2.12. The first kappa shape index (κ1) is 16.2. The Kier molecular flexibility index (Phi) is 7.82. The molecule has 1 rings (SSSR count). The van der Waals surface area contributed by atoms with Crippen LogP contribution in [0.15, 0.2) is 30.3 Å². The van der Waals surface area contributed by atoms with E-state index in [4.69, 9.17) is 0 Å². The highest BCUT2D eigenvalue weighted by Crippen LogP contribution is 2.11. The zero-order valence-corrected chi connectivity index (χ0v) is 12.7. The van der Waals surface area contributed by atoms with E-state index in [1.54, 1.807) is 11.8 Å². The van der Waals surface area contributed by atoms with Gasteiger partial charge in [0, 0.05) is 16.6 Å². The van der Waals surface area contributed by atoms with Crippen LogP contribution in [0, 0.1) is 0 Å². The van der Waals surface area contributed by atoms with Gasteiger partial charge in [-0.1, -0.05) is 37.3 Å². The third-order valence-electron chi connectivity index (χ3n) is 2.70. The van der Waals surface area contributed by atoms with Crippen LogP contribution in [0.5, 0.6) is 0 Å². The van der Waals surface area contributed by atoms with E-state index in [9.17, 15) is 14.1 Å². The van der Waals surface area contributed by atoms with Gasteiger partial charge in [0.05, 0.1) is 0 Å². The summed E-state index contributed by atoms with van der Waals surface area (Å²) in [5.41, 5.74) is 0.922. The summed E-state index contributed by atoms with van der Waals surface area (Å²) in [4.78, 5) is 11.2. The number of benzene rings is 1. The lowest BCUT2D eigenvalue weighted by atomic mass is 10.1. The van der Waals surface area contributed by atoms with E-state index < -0.39 is 22.0 Å². The van der Waals surface area contributed by atoms with Gasteiger partial charge in [-0.25, -0.2) is 0 Å². The first-order valence-electron chi connectivity index (χ1n) is 6.36. The molecule has 19 heavy (non-hydrogen) atoms. The van der Waals surface area contributed by atoms with E-state index in [0.717, 1.165) is 23.5 Å². The smallest absolute Gasteiger partial charge is 0.319 e. The molecule has 106 valence electrons. The lowest BCUT2D eigenvalue weighted by Crippen LogP contribution is -2.29. The Morgan fingerprint density at radius 3 is 2.63 bits per heavy atom. The van der Waals surface area contributed by atoms with Crippen molar-refractivity contribution in [2.45, 2.75) is 25.0 Å². The van der Waals surface area contributed by atoms with Crippen LogP contribution < -0.4 is 0 Å². The average molecular weight is 300 g/mol. The molecule has 1 aromatic carbocycles. The van der Waals surface area contributed by atoms with Crippen molar-refractivity contribution >= 4 is 28.5 Å². The number of hydrogen-bond donors (Lipinski definition) is 1. The van der Waals surface area contributed by atoms with Crippen molar-refractivity contribution in [3.8, 4) is 0 Å². The van der Waals surface area contributed by atoms with Crippen LogP contribution in [0.1, 0.15) is 18.9 Å². The molecule has 0 heterocycles. The number of carboxylic acid groups (broad SMARTS) is 1. The molecule has 2 atom stereocenters. The normalized spacial score (nSPS) is 13.9. The minimum Gasteiger partial charge on any atom is -0.480 e. The molecule has 0 aliphatic rings. The molecule has 0 fully saturated rings. The van der Waals surface area contributed by atoms with E-state index in [1.807, 2.05) is 30.3 Å². The van der Waals surface area contributed by atoms with Gasteiger partial charge < -0.3 is 5.11 Å². The molecule has 0 saturated carbocycles. The summed E-state index contributed by atoms with van der Waals surface area (Å²) in [7, 11) is -1.30.